The molecule has 69 heavy (non-hydrogen) atoms. The zero-order valence-corrected chi connectivity index (χ0v) is 42.5. The monoisotopic (exact) mass is 1190 g/mol. The number of para-hydroxylation sites is 1. The number of nitrogens with zero attached hydrogens (tertiary/aromatic N) is 4. The normalized spacial score (nSPS) is 11.7. The molecule has 0 unspecified atom stereocenters. The summed E-state index contributed by atoms with van der Waals surface area (Å²) in [6.45, 7) is 0. The largest absolute Gasteiger partial charge is 3.00 e. The number of hydrogen-bond donors (Lipinski definition) is 0. The molecule has 0 saturated heterocycles. The van der Waals surface area contributed by atoms with Crippen LogP contribution in [0.5, 0.6) is 0 Å². The van der Waals surface area contributed by atoms with Crippen LogP contribution in [0.1, 0.15) is 27.9 Å². The Morgan fingerprint density at radius 2 is 0.957 bits per heavy atom. The van der Waals surface area contributed by atoms with Gasteiger partial charge in [-0.3, -0.25) is 9.69 Å². The van der Waals surface area contributed by atoms with Crippen molar-refractivity contribution in [3.8, 4) is 78.3 Å². The van der Waals surface area contributed by atoms with Crippen molar-refractivity contribution < 1.29 is 24.9 Å². The number of fused-ring (bicyclic) bond motifs is 1. The second-order valence-corrected chi connectivity index (χ2v) is 18.6. The van der Waals surface area contributed by atoms with Crippen LogP contribution in [0, 0.1) is 18.2 Å². The van der Waals surface area contributed by atoms with Crippen molar-refractivity contribution >= 4 is 49.1 Å². The molecule has 0 spiro atoms. The number of hydrogen-bond acceptors (Lipinski definition) is 4. The first-order valence-corrected chi connectivity index (χ1v) is 24.0. The maximum absolute atomic E-state index is 15.6. The Kier molecular flexibility index (Phi) is 13.5. The van der Waals surface area contributed by atoms with E-state index in [1.165, 1.54) is 17.5 Å². The minimum Gasteiger partial charge on any atom is -0.304 e. The molecule has 3 heterocycles. The SMILES string of the molecule is O=C(c1cc(-c2ccccc2-c2ccc(-c3[c-]ccc(Br)c3)nc2)cc(-c2ccccc2-c2ccc(-c3[c-]ccc(Br)c3)nc2)c1)N(c1ccccc1)c1ccc(-c2[c-]cc3c(c2)CCC3)nc1.[Ir+3]. The summed E-state index contributed by atoms with van der Waals surface area (Å²) in [6.07, 6.45) is 8.95. The molecular weight excluding hydrogens is 1160 g/mol. The second kappa shape index (κ2) is 20.3. The Bertz CT molecular complexity index is 3320. The van der Waals surface area contributed by atoms with Gasteiger partial charge in [-0.25, -0.2) is 0 Å². The van der Waals surface area contributed by atoms with Gasteiger partial charge in [0, 0.05) is 29.8 Å². The molecule has 1 amide bonds. The molecular formula is C61H39Br2IrN4O. The Morgan fingerprint density at radius 1 is 0.464 bits per heavy atom. The molecule has 332 valence electrons. The van der Waals surface area contributed by atoms with Crippen molar-refractivity contribution in [3.05, 3.63) is 244 Å². The van der Waals surface area contributed by atoms with E-state index in [1.54, 1.807) is 11.1 Å². The molecule has 5 nitrogen and oxygen atoms in total. The fraction of sp³-hybridized carbons (Fsp3) is 0.0492. The summed E-state index contributed by atoms with van der Waals surface area (Å²) in [5, 5.41) is 0. The summed E-state index contributed by atoms with van der Waals surface area (Å²) in [5.74, 6) is -0.194. The van der Waals surface area contributed by atoms with Crippen LogP contribution >= 0.6 is 31.9 Å². The first-order chi connectivity index (χ1) is 33.4. The van der Waals surface area contributed by atoms with Gasteiger partial charge in [0.25, 0.3) is 5.91 Å². The molecule has 0 bridgehead atoms. The van der Waals surface area contributed by atoms with Crippen LogP contribution in [0.4, 0.5) is 11.4 Å². The van der Waals surface area contributed by atoms with Crippen molar-refractivity contribution in [2.45, 2.75) is 19.3 Å². The van der Waals surface area contributed by atoms with Gasteiger partial charge >= 0.3 is 20.1 Å². The van der Waals surface area contributed by atoms with Crippen molar-refractivity contribution in [3.63, 3.8) is 0 Å². The number of carbonyl (C=O) groups excluding carboxylic acids is 1. The number of halogens is 2. The number of pyridine rings is 3. The molecule has 0 atom stereocenters. The summed E-state index contributed by atoms with van der Waals surface area (Å²) in [7, 11) is 0. The zero-order valence-electron chi connectivity index (χ0n) is 37.0. The third-order valence-corrected chi connectivity index (χ3v) is 13.4. The molecule has 7 aromatic carbocycles. The Hall–Kier alpha value is -6.93. The van der Waals surface area contributed by atoms with Crippen LogP contribution < -0.4 is 4.90 Å². The third-order valence-electron chi connectivity index (χ3n) is 12.4. The number of aryl methyl sites for hydroxylation is 2. The van der Waals surface area contributed by atoms with E-state index in [1.807, 2.05) is 140 Å². The van der Waals surface area contributed by atoms with E-state index in [-0.39, 0.29) is 26.0 Å². The fourth-order valence-corrected chi connectivity index (χ4v) is 9.77. The van der Waals surface area contributed by atoms with Gasteiger partial charge in [0.05, 0.1) is 5.69 Å². The van der Waals surface area contributed by atoms with Gasteiger partial charge in [0.1, 0.15) is 0 Å². The van der Waals surface area contributed by atoms with E-state index in [9.17, 15) is 0 Å². The summed E-state index contributed by atoms with van der Waals surface area (Å²) >= 11 is 7.17. The molecule has 3 aromatic heterocycles. The molecule has 0 saturated carbocycles. The van der Waals surface area contributed by atoms with Crippen molar-refractivity contribution in [1.82, 2.24) is 15.0 Å². The van der Waals surface area contributed by atoms with E-state index in [2.05, 4.69) is 105 Å². The quantitative estimate of drug-likeness (QED) is 0.128. The topological polar surface area (TPSA) is 59.0 Å². The van der Waals surface area contributed by atoms with Gasteiger partial charge in [-0.15, -0.1) is 94.5 Å². The minimum atomic E-state index is -0.194. The molecule has 0 radical (unpaired) electrons. The zero-order chi connectivity index (χ0) is 46.0. The van der Waals surface area contributed by atoms with E-state index in [4.69, 9.17) is 15.0 Å². The second-order valence-electron chi connectivity index (χ2n) is 16.7. The fourth-order valence-electron chi connectivity index (χ4n) is 9.05. The first kappa shape index (κ1) is 45.8. The van der Waals surface area contributed by atoms with Gasteiger partial charge in [-0.05, 0) is 104 Å². The average Bonchev–Trinajstić information content (AvgIpc) is 3.88. The number of rotatable bonds is 10. The van der Waals surface area contributed by atoms with Gasteiger partial charge < -0.3 is 15.0 Å². The summed E-state index contributed by atoms with van der Waals surface area (Å²) < 4.78 is 1.93. The first-order valence-electron chi connectivity index (χ1n) is 22.4. The molecule has 10 aromatic rings. The molecule has 11 rings (SSSR count). The molecule has 0 aliphatic heterocycles. The van der Waals surface area contributed by atoms with Gasteiger partial charge in [-0.1, -0.05) is 151 Å². The van der Waals surface area contributed by atoms with E-state index < -0.39 is 0 Å². The maximum atomic E-state index is 15.6. The number of amides is 1. The molecule has 1 aliphatic rings. The number of carbonyl (C=O) groups is 1. The summed E-state index contributed by atoms with van der Waals surface area (Å²) in [6, 6.07) is 70.9. The Balaban J connectivity index is 0.00000553. The van der Waals surface area contributed by atoms with Crippen LogP contribution in [0.3, 0.4) is 0 Å². The van der Waals surface area contributed by atoms with Crippen molar-refractivity contribution in [2.75, 3.05) is 4.90 Å². The van der Waals surface area contributed by atoms with Crippen LogP contribution in [0.25, 0.3) is 78.3 Å². The van der Waals surface area contributed by atoms with Crippen LogP contribution in [0.15, 0.2) is 210 Å². The summed E-state index contributed by atoms with van der Waals surface area (Å²) in [4.78, 5) is 32.0. The van der Waals surface area contributed by atoms with E-state index in [0.29, 0.717) is 11.3 Å². The van der Waals surface area contributed by atoms with Crippen LogP contribution in [0.2, 0.25) is 0 Å². The average molecular weight is 1200 g/mol. The number of anilines is 2. The van der Waals surface area contributed by atoms with Crippen LogP contribution in [-0.4, -0.2) is 20.9 Å². The van der Waals surface area contributed by atoms with Gasteiger partial charge in [0.15, 0.2) is 0 Å². The number of benzene rings is 7. The molecule has 0 N–H and O–H groups in total. The van der Waals surface area contributed by atoms with Crippen molar-refractivity contribution in [1.29, 1.82) is 0 Å². The van der Waals surface area contributed by atoms with Gasteiger partial charge in [-0.2, -0.15) is 0 Å². The van der Waals surface area contributed by atoms with E-state index in [0.717, 1.165) is 106 Å². The Labute approximate surface area is 432 Å². The predicted octanol–water partition coefficient (Wildman–Crippen LogP) is 15.9. The predicted molar refractivity (Wildman–Crippen MR) is 281 cm³/mol. The van der Waals surface area contributed by atoms with Gasteiger partial charge in [0.2, 0.25) is 0 Å². The van der Waals surface area contributed by atoms with Crippen molar-refractivity contribution in [2.24, 2.45) is 0 Å². The molecule has 1 aliphatic carbocycles. The smallest absolute Gasteiger partial charge is 0.304 e. The van der Waals surface area contributed by atoms with E-state index >= 15 is 4.79 Å². The number of aromatic nitrogens is 3. The molecule has 0 fully saturated rings. The minimum absolute atomic E-state index is 0. The standard InChI is InChI=1S/C61H39Br2N4O.Ir/c62-50-15-9-13-42(35-50)58-28-25-45(37-64-58)54-19-4-6-21-56(54)47-32-48(57-22-7-5-20-55(57)46-26-29-59(65-38-46)43-14-10-16-51(63)36-43)34-49(33-47)61(68)67(52-17-2-1-3-18-52)53-27-30-60(66-39-53)44-24-23-40-11-8-12-41(40)31-44;/h1-7,9-10,15-23,25-39H,8,11-12H2;/q-3;+3. The van der Waals surface area contributed by atoms with Crippen LogP contribution in [-0.2, 0) is 32.9 Å². The molecule has 8 heteroatoms. The Morgan fingerprint density at radius 3 is 1.46 bits per heavy atom. The third kappa shape index (κ3) is 9.72. The summed E-state index contributed by atoms with van der Waals surface area (Å²) in [5.41, 5.74) is 17.4. The maximum Gasteiger partial charge on any atom is 3.00 e.